The summed E-state index contributed by atoms with van der Waals surface area (Å²) >= 11 is 12.4. The van der Waals surface area contributed by atoms with Gasteiger partial charge < -0.3 is 20.1 Å². The molecule has 2 N–H and O–H groups in total. The topological polar surface area (TPSA) is 102 Å². The van der Waals surface area contributed by atoms with Gasteiger partial charge in [-0.2, -0.15) is 0 Å². The van der Waals surface area contributed by atoms with Crippen LogP contribution in [0.2, 0.25) is 10.2 Å². The standard InChI is InChI=1S/C30H30Cl2FN5O4/c1-18-14-34-25(15-42-18)19-2-5-21(6-3-19)38-26(32)13-23-27(38)35-17-37(29(23)40)16-30(41)8-10-36(11-9-30)28(39)22-7-4-20(31)12-24(22)33/h2-7,12-13,17-18,25,34,41H,8-11,14-16H2,1H3/t18-,25-/m0/s1. The molecule has 0 saturated carbocycles. The Bertz CT molecular complexity index is 1690. The minimum Gasteiger partial charge on any atom is -0.388 e. The first-order chi connectivity index (χ1) is 20.1. The Kier molecular flexibility index (Phi) is 7.84. The normalized spacial score (nSPS) is 20.6. The maximum Gasteiger partial charge on any atom is 0.262 e. The number of morpholine rings is 1. The average molecular weight is 615 g/mol. The molecule has 1 amide bonds. The van der Waals surface area contributed by atoms with Crippen molar-refractivity contribution in [1.82, 2.24) is 24.3 Å². The Balaban J connectivity index is 1.17. The number of likely N-dealkylation sites (tertiary alicyclic amines) is 1. The highest BCUT2D eigenvalue weighted by Gasteiger charge is 2.35. The Labute approximate surface area is 251 Å². The van der Waals surface area contributed by atoms with Crippen LogP contribution in [-0.2, 0) is 11.3 Å². The molecule has 2 aliphatic heterocycles. The number of amides is 1. The van der Waals surface area contributed by atoms with Gasteiger partial charge in [0.25, 0.3) is 11.5 Å². The van der Waals surface area contributed by atoms with Gasteiger partial charge in [-0.1, -0.05) is 35.3 Å². The molecule has 2 aromatic carbocycles. The Morgan fingerprint density at radius 3 is 2.57 bits per heavy atom. The van der Waals surface area contributed by atoms with E-state index >= 15 is 0 Å². The molecule has 4 aromatic rings. The summed E-state index contributed by atoms with van der Waals surface area (Å²) in [5.41, 5.74) is 0.630. The van der Waals surface area contributed by atoms with Crippen LogP contribution in [0, 0.1) is 5.82 Å². The molecule has 12 heteroatoms. The lowest BCUT2D eigenvalue weighted by Gasteiger charge is -2.38. The lowest BCUT2D eigenvalue weighted by Crippen LogP contribution is -2.49. The Morgan fingerprint density at radius 1 is 1.17 bits per heavy atom. The Hall–Kier alpha value is -3.28. The maximum atomic E-state index is 14.3. The van der Waals surface area contributed by atoms with Crippen LogP contribution in [0.1, 0.15) is 41.7 Å². The molecule has 220 valence electrons. The van der Waals surface area contributed by atoms with E-state index in [9.17, 15) is 19.1 Å². The van der Waals surface area contributed by atoms with Crippen LogP contribution in [0.15, 0.2) is 59.7 Å². The van der Waals surface area contributed by atoms with E-state index in [1.165, 1.54) is 27.9 Å². The molecule has 42 heavy (non-hydrogen) atoms. The third-order valence-corrected chi connectivity index (χ3v) is 8.61. The molecule has 2 aromatic heterocycles. The van der Waals surface area contributed by atoms with Crippen molar-refractivity contribution in [1.29, 1.82) is 0 Å². The fourth-order valence-electron chi connectivity index (χ4n) is 5.64. The number of aliphatic hydroxyl groups is 1. The number of rotatable bonds is 5. The fraction of sp³-hybridized carbons (Fsp3) is 0.367. The van der Waals surface area contributed by atoms with Gasteiger partial charge in [0.2, 0.25) is 0 Å². The second kappa shape index (κ2) is 11.4. The maximum absolute atomic E-state index is 14.3. The van der Waals surface area contributed by atoms with E-state index < -0.39 is 17.3 Å². The minimum atomic E-state index is -1.24. The molecular weight excluding hydrogens is 584 g/mol. The van der Waals surface area contributed by atoms with Crippen LogP contribution in [-0.4, -0.2) is 68.0 Å². The number of nitrogens with zero attached hydrogens (tertiary/aromatic N) is 4. The summed E-state index contributed by atoms with van der Waals surface area (Å²) in [6, 6.07) is 13.5. The van der Waals surface area contributed by atoms with Gasteiger partial charge in [0.1, 0.15) is 17.3 Å². The molecule has 2 saturated heterocycles. The number of nitrogens with one attached hydrogen (secondary N) is 1. The van der Waals surface area contributed by atoms with E-state index in [-0.39, 0.29) is 60.8 Å². The van der Waals surface area contributed by atoms with Gasteiger partial charge in [-0.3, -0.25) is 18.7 Å². The molecule has 9 nitrogen and oxygen atoms in total. The molecular formula is C30H30Cl2FN5O4. The van der Waals surface area contributed by atoms with Crippen LogP contribution in [0.3, 0.4) is 0 Å². The highest BCUT2D eigenvalue weighted by molar-refractivity contribution is 6.31. The zero-order valence-corrected chi connectivity index (χ0v) is 24.4. The van der Waals surface area contributed by atoms with Crippen molar-refractivity contribution in [2.24, 2.45) is 0 Å². The summed E-state index contributed by atoms with van der Waals surface area (Å²) in [5, 5.41) is 15.7. The van der Waals surface area contributed by atoms with E-state index in [0.29, 0.717) is 22.8 Å². The van der Waals surface area contributed by atoms with Crippen molar-refractivity contribution >= 4 is 40.1 Å². The van der Waals surface area contributed by atoms with Crippen LogP contribution in [0.5, 0.6) is 0 Å². The first-order valence-electron chi connectivity index (χ1n) is 13.8. The summed E-state index contributed by atoms with van der Waals surface area (Å²) in [4.78, 5) is 32.3. The lowest BCUT2D eigenvalue weighted by atomic mass is 9.91. The fourth-order valence-corrected chi connectivity index (χ4v) is 6.08. The van der Waals surface area contributed by atoms with E-state index in [1.54, 1.807) is 10.6 Å². The van der Waals surface area contributed by atoms with Crippen LogP contribution >= 0.6 is 23.2 Å². The van der Waals surface area contributed by atoms with Gasteiger partial charge in [-0.25, -0.2) is 9.37 Å². The van der Waals surface area contributed by atoms with E-state index in [0.717, 1.165) is 23.9 Å². The number of ether oxygens (including phenoxy) is 1. The van der Waals surface area contributed by atoms with Gasteiger partial charge in [0, 0.05) is 30.3 Å². The number of carbonyl (C=O) groups is 1. The molecule has 0 unspecified atom stereocenters. The molecule has 0 aliphatic carbocycles. The number of aromatic nitrogens is 3. The SMILES string of the molecule is C[C@H]1CN[C@H](c2ccc(-n3c(Cl)cc4c(=O)n(CC5(O)CCN(C(=O)c6ccc(Cl)cc6F)CC5)cnc43)cc2)CO1. The average Bonchev–Trinajstić information content (AvgIpc) is 3.31. The second-order valence-corrected chi connectivity index (χ2v) is 11.9. The molecule has 2 aliphatic rings. The third-order valence-electron chi connectivity index (χ3n) is 8.10. The molecule has 4 heterocycles. The summed E-state index contributed by atoms with van der Waals surface area (Å²) in [7, 11) is 0. The summed E-state index contributed by atoms with van der Waals surface area (Å²) < 4.78 is 23.1. The molecule has 2 atom stereocenters. The predicted molar refractivity (Wildman–Crippen MR) is 158 cm³/mol. The van der Waals surface area contributed by atoms with Gasteiger partial charge in [-0.05, 0) is 61.7 Å². The third kappa shape index (κ3) is 5.57. The minimum absolute atomic E-state index is 0.00131. The second-order valence-electron chi connectivity index (χ2n) is 11.1. The quantitative estimate of drug-likeness (QED) is 0.347. The molecule has 6 rings (SSSR count). The predicted octanol–water partition coefficient (Wildman–Crippen LogP) is 4.35. The van der Waals surface area contributed by atoms with Gasteiger partial charge >= 0.3 is 0 Å². The van der Waals surface area contributed by atoms with Crippen molar-refractivity contribution in [3.05, 3.63) is 92.3 Å². The number of fused-ring (bicyclic) bond motifs is 1. The van der Waals surface area contributed by atoms with Gasteiger partial charge in [0.15, 0.2) is 5.65 Å². The first-order valence-corrected chi connectivity index (χ1v) is 14.6. The van der Waals surface area contributed by atoms with Crippen LogP contribution in [0.4, 0.5) is 4.39 Å². The van der Waals surface area contributed by atoms with Crippen molar-refractivity contribution in [3.63, 3.8) is 0 Å². The number of piperidine rings is 1. The first kappa shape index (κ1) is 28.8. The molecule has 0 bridgehead atoms. The lowest BCUT2D eigenvalue weighted by molar-refractivity contribution is -0.0300. The number of carbonyl (C=O) groups excluding carboxylic acids is 1. The van der Waals surface area contributed by atoms with E-state index in [4.69, 9.17) is 27.9 Å². The molecule has 0 spiro atoms. The van der Waals surface area contributed by atoms with Gasteiger partial charge in [0.05, 0.1) is 41.8 Å². The number of hydrogen-bond donors (Lipinski definition) is 2. The summed E-state index contributed by atoms with van der Waals surface area (Å²) in [6.07, 6.45) is 2.03. The van der Waals surface area contributed by atoms with E-state index in [2.05, 4.69) is 10.3 Å². The number of halogens is 3. The number of benzene rings is 2. The smallest absolute Gasteiger partial charge is 0.262 e. The van der Waals surface area contributed by atoms with Crippen molar-refractivity contribution in [3.8, 4) is 5.69 Å². The van der Waals surface area contributed by atoms with Crippen LogP contribution in [0.25, 0.3) is 16.7 Å². The van der Waals surface area contributed by atoms with E-state index in [1.807, 2.05) is 31.2 Å². The highest BCUT2D eigenvalue weighted by atomic mass is 35.5. The van der Waals surface area contributed by atoms with Gasteiger partial charge in [-0.15, -0.1) is 0 Å². The largest absolute Gasteiger partial charge is 0.388 e. The van der Waals surface area contributed by atoms with Crippen molar-refractivity contribution < 1.29 is 19.0 Å². The summed E-state index contributed by atoms with van der Waals surface area (Å²) in [5.74, 6) is -1.15. The summed E-state index contributed by atoms with van der Waals surface area (Å²) in [6.45, 7) is 3.83. The molecule has 2 fully saturated rings. The monoisotopic (exact) mass is 613 g/mol. The van der Waals surface area contributed by atoms with Crippen molar-refractivity contribution in [2.75, 3.05) is 26.2 Å². The zero-order chi connectivity index (χ0) is 29.6. The Morgan fingerprint density at radius 2 is 1.90 bits per heavy atom. The van der Waals surface area contributed by atoms with Crippen LogP contribution < -0.4 is 10.9 Å². The molecule has 0 radical (unpaired) electrons. The zero-order valence-electron chi connectivity index (χ0n) is 22.9. The highest BCUT2D eigenvalue weighted by Crippen LogP contribution is 2.29. The van der Waals surface area contributed by atoms with Crippen molar-refractivity contribution in [2.45, 2.75) is 44.1 Å². The number of hydrogen-bond acceptors (Lipinski definition) is 6.